The molecular weight excluding hydrogens is 276 g/mol. The van der Waals surface area contributed by atoms with Gasteiger partial charge in [0.25, 0.3) is 0 Å². The topological polar surface area (TPSA) is 41.6 Å². The van der Waals surface area contributed by atoms with Crippen LogP contribution in [0.15, 0.2) is 0 Å². The summed E-state index contributed by atoms with van der Waals surface area (Å²) < 4.78 is 6.17. The molecule has 2 saturated heterocycles. The Labute approximate surface area is 135 Å². The van der Waals surface area contributed by atoms with Crippen molar-refractivity contribution in [3.63, 3.8) is 0 Å². The molecule has 1 aliphatic carbocycles. The van der Waals surface area contributed by atoms with Gasteiger partial charge >= 0.3 is 0 Å². The molecule has 3 fully saturated rings. The predicted octanol–water partition coefficient (Wildman–Crippen LogP) is 2.71. The average molecular weight is 308 g/mol. The quantitative estimate of drug-likeness (QED) is 0.871. The molecule has 0 spiro atoms. The summed E-state index contributed by atoms with van der Waals surface area (Å²) >= 11 is 0. The van der Waals surface area contributed by atoms with Gasteiger partial charge < -0.3 is 15.0 Å². The Bertz CT molecular complexity index is 427. The number of carbonyl (C=O) groups excluding carboxylic acids is 1. The fourth-order valence-corrected chi connectivity index (χ4v) is 4.63. The molecule has 22 heavy (non-hydrogen) atoms. The Hall–Kier alpha value is -0.610. The highest BCUT2D eigenvalue weighted by molar-refractivity contribution is 5.79. The molecule has 4 nitrogen and oxygen atoms in total. The Morgan fingerprint density at radius 1 is 1.14 bits per heavy atom. The number of nitrogens with zero attached hydrogens (tertiary/aromatic N) is 1. The van der Waals surface area contributed by atoms with Gasteiger partial charge in [-0.15, -0.1) is 0 Å². The highest BCUT2D eigenvalue weighted by Gasteiger charge is 2.47. The molecule has 1 N–H and O–H groups in total. The highest BCUT2D eigenvalue weighted by atomic mass is 16.5. The molecule has 0 radical (unpaired) electrons. The van der Waals surface area contributed by atoms with Crippen LogP contribution in [0.3, 0.4) is 0 Å². The summed E-state index contributed by atoms with van der Waals surface area (Å²) in [5.74, 6) is 0.716. The molecule has 0 bridgehead atoms. The first-order valence-electron chi connectivity index (χ1n) is 9.02. The van der Waals surface area contributed by atoms with Gasteiger partial charge in [0.1, 0.15) is 0 Å². The number of amides is 1. The first-order valence-corrected chi connectivity index (χ1v) is 9.02. The minimum Gasteiger partial charge on any atom is -0.368 e. The Morgan fingerprint density at radius 2 is 1.82 bits per heavy atom. The third-order valence-corrected chi connectivity index (χ3v) is 5.72. The van der Waals surface area contributed by atoms with Crippen LogP contribution in [0.5, 0.6) is 0 Å². The number of hydrogen-bond donors (Lipinski definition) is 1. The van der Waals surface area contributed by atoms with Gasteiger partial charge in [0.05, 0.1) is 11.2 Å². The average Bonchev–Trinajstić information content (AvgIpc) is 3.10. The van der Waals surface area contributed by atoms with E-state index in [9.17, 15) is 4.79 Å². The monoisotopic (exact) mass is 308 g/mol. The van der Waals surface area contributed by atoms with E-state index in [0.717, 1.165) is 38.8 Å². The second kappa shape index (κ2) is 5.79. The van der Waals surface area contributed by atoms with Crippen molar-refractivity contribution in [1.29, 1.82) is 0 Å². The van der Waals surface area contributed by atoms with Crippen LogP contribution >= 0.6 is 0 Å². The third kappa shape index (κ3) is 3.33. The molecule has 0 aromatic rings. The van der Waals surface area contributed by atoms with Crippen molar-refractivity contribution >= 4 is 5.91 Å². The Balaban J connectivity index is 1.54. The van der Waals surface area contributed by atoms with E-state index in [1.807, 2.05) is 0 Å². The zero-order chi connectivity index (χ0) is 16.0. The lowest BCUT2D eigenvalue weighted by Crippen LogP contribution is -2.49. The van der Waals surface area contributed by atoms with Crippen LogP contribution in [0.4, 0.5) is 0 Å². The van der Waals surface area contributed by atoms with Gasteiger partial charge in [-0.25, -0.2) is 0 Å². The lowest BCUT2D eigenvalue weighted by Gasteiger charge is -2.30. The normalized spacial score (nSPS) is 34.5. The van der Waals surface area contributed by atoms with Crippen LogP contribution in [0.1, 0.15) is 66.2 Å². The molecule has 2 atom stereocenters. The van der Waals surface area contributed by atoms with Crippen molar-refractivity contribution in [1.82, 2.24) is 10.2 Å². The largest absolute Gasteiger partial charge is 0.368 e. The van der Waals surface area contributed by atoms with Crippen LogP contribution in [-0.2, 0) is 9.53 Å². The van der Waals surface area contributed by atoms with Crippen molar-refractivity contribution in [2.24, 2.45) is 5.92 Å². The summed E-state index contributed by atoms with van der Waals surface area (Å²) in [5.41, 5.74) is -0.189. The summed E-state index contributed by atoms with van der Waals surface area (Å²) in [6, 6.07) is 0.793. The van der Waals surface area contributed by atoms with Gasteiger partial charge in [0.2, 0.25) is 5.91 Å². The minimum absolute atomic E-state index is 0.0564. The van der Waals surface area contributed by atoms with Crippen LogP contribution < -0.4 is 5.32 Å². The van der Waals surface area contributed by atoms with Crippen LogP contribution in [-0.4, -0.2) is 47.2 Å². The van der Waals surface area contributed by atoms with Gasteiger partial charge in [0, 0.05) is 31.1 Å². The minimum atomic E-state index is -0.133. The Morgan fingerprint density at radius 3 is 2.41 bits per heavy atom. The van der Waals surface area contributed by atoms with Crippen molar-refractivity contribution in [2.75, 3.05) is 13.1 Å². The van der Waals surface area contributed by atoms with E-state index in [1.165, 1.54) is 12.8 Å². The highest BCUT2D eigenvalue weighted by Crippen LogP contribution is 2.38. The van der Waals surface area contributed by atoms with Crippen molar-refractivity contribution in [3.05, 3.63) is 0 Å². The van der Waals surface area contributed by atoms with E-state index in [-0.39, 0.29) is 11.2 Å². The molecule has 1 amide bonds. The predicted molar refractivity (Wildman–Crippen MR) is 87.7 cm³/mol. The van der Waals surface area contributed by atoms with Gasteiger partial charge in [0.15, 0.2) is 0 Å². The third-order valence-electron chi connectivity index (χ3n) is 5.72. The number of carbonyl (C=O) groups is 1. The molecule has 4 heteroatoms. The SMILES string of the molecule is CC1(C)C[C@@H](N[C@@H]2CCN(C(=O)C3CCCC3)C2)C(C)(C)O1. The summed E-state index contributed by atoms with van der Waals surface area (Å²) in [7, 11) is 0. The number of hydrogen-bond acceptors (Lipinski definition) is 3. The summed E-state index contributed by atoms with van der Waals surface area (Å²) in [5, 5.41) is 3.78. The molecule has 2 heterocycles. The smallest absolute Gasteiger partial charge is 0.225 e. The van der Waals surface area contributed by atoms with E-state index in [2.05, 4.69) is 37.9 Å². The van der Waals surface area contributed by atoms with E-state index < -0.39 is 0 Å². The van der Waals surface area contributed by atoms with Gasteiger partial charge in [-0.2, -0.15) is 0 Å². The molecule has 0 aromatic heterocycles. The van der Waals surface area contributed by atoms with Crippen LogP contribution in [0.2, 0.25) is 0 Å². The number of ether oxygens (including phenoxy) is 1. The summed E-state index contributed by atoms with van der Waals surface area (Å²) in [6.45, 7) is 10.5. The van der Waals surface area contributed by atoms with Crippen LogP contribution in [0.25, 0.3) is 0 Å². The number of nitrogens with one attached hydrogen (secondary N) is 1. The van der Waals surface area contributed by atoms with Gasteiger partial charge in [-0.05, 0) is 53.4 Å². The number of rotatable bonds is 3. The molecular formula is C18H32N2O2. The zero-order valence-electron chi connectivity index (χ0n) is 14.7. The molecule has 0 aromatic carbocycles. The van der Waals surface area contributed by atoms with Crippen LogP contribution in [0, 0.1) is 5.92 Å². The second-order valence-corrected chi connectivity index (χ2v) is 8.64. The van der Waals surface area contributed by atoms with Crippen molar-refractivity contribution in [3.8, 4) is 0 Å². The molecule has 126 valence electrons. The summed E-state index contributed by atoms with van der Waals surface area (Å²) in [4.78, 5) is 14.6. The maximum atomic E-state index is 12.5. The second-order valence-electron chi connectivity index (χ2n) is 8.64. The Kier molecular flexibility index (Phi) is 4.28. The van der Waals surface area contributed by atoms with E-state index in [4.69, 9.17) is 4.74 Å². The fourth-order valence-electron chi connectivity index (χ4n) is 4.63. The fraction of sp³-hybridized carbons (Fsp3) is 0.944. The van der Waals surface area contributed by atoms with Crippen molar-refractivity contribution < 1.29 is 9.53 Å². The molecule has 0 unspecified atom stereocenters. The maximum absolute atomic E-state index is 12.5. The maximum Gasteiger partial charge on any atom is 0.225 e. The lowest BCUT2D eigenvalue weighted by molar-refractivity contribution is -0.134. The zero-order valence-corrected chi connectivity index (χ0v) is 14.7. The standard InChI is InChI=1S/C18H32N2O2/c1-17(2)11-15(18(3,4)22-17)19-14-9-10-20(12-14)16(21)13-7-5-6-8-13/h13-15,19H,5-12H2,1-4H3/t14-,15-/m1/s1. The molecule has 3 rings (SSSR count). The van der Waals surface area contributed by atoms with E-state index in [1.54, 1.807) is 0 Å². The van der Waals surface area contributed by atoms with E-state index in [0.29, 0.717) is 23.9 Å². The number of likely N-dealkylation sites (tertiary alicyclic amines) is 1. The van der Waals surface area contributed by atoms with Gasteiger partial charge in [-0.1, -0.05) is 12.8 Å². The van der Waals surface area contributed by atoms with Crippen molar-refractivity contribution in [2.45, 2.75) is 89.5 Å². The molecule has 3 aliphatic rings. The molecule has 2 aliphatic heterocycles. The first-order chi connectivity index (χ1) is 10.3. The summed E-state index contributed by atoms with van der Waals surface area (Å²) in [6.07, 6.45) is 6.78. The van der Waals surface area contributed by atoms with E-state index >= 15 is 0 Å². The van der Waals surface area contributed by atoms with Gasteiger partial charge in [-0.3, -0.25) is 4.79 Å². The molecule has 1 saturated carbocycles. The lowest BCUT2D eigenvalue weighted by atomic mass is 9.93. The first kappa shape index (κ1) is 16.3.